The molecule has 0 radical (unpaired) electrons. The lowest BCUT2D eigenvalue weighted by Crippen LogP contribution is -2.03. The third-order valence-corrected chi connectivity index (χ3v) is 2.64. The summed E-state index contributed by atoms with van der Waals surface area (Å²) in [6, 6.07) is 11.8. The van der Waals surface area contributed by atoms with E-state index in [4.69, 9.17) is 15.2 Å². The van der Waals surface area contributed by atoms with Gasteiger partial charge in [-0.15, -0.1) is 0 Å². The van der Waals surface area contributed by atoms with E-state index in [0.717, 1.165) is 5.56 Å². The van der Waals surface area contributed by atoms with Crippen LogP contribution in [-0.2, 0) is 6.42 Å². The molecule has 2 rings (SSSR count). The second-order valence-electron chi connectivity index (χ2n) is 4.11. The van der Waals surface area contributed by atoms with Crippen molar-refractivity contribution in [1.82, 2.24) is 0 Å². The SMILES string of the molecule is COc1cccc(Oc2cc(F)cc(CCN)c2)c1. The molecule has 0 heterocycles. The fourth-order valence-electron chi connectivity index (χ4n) is 1.79. The van der Waals surface area contributed by atoms with Gasteiger partial charge in [-0.25, -0.2) is 4.39 Å². The van der Waals surface area contributed by atoms with Crippen LogP contribution in [0.1, 0.15) is 5.56 Å². The Labute approximate surface area is 111 Å². The molecule has 2 N–H and O–H groups in total. The van der Waals surface area contributed by atoms with Gasteiger partial charge in [-0.2, -0.15) is 0 Å². The molecule has 0 aliphatic carbocycles. The van der Waals surface area contributed by atoms with Crippen molar-refractivity contribution in [3.63, 3.8) is 0 Å². The molecular formula is C15H16FNO2. The van der Waals surface area contributed by atoms with Gasteiger partial charge in [0.05, 0.1) is 7.11 Å². The van der Waals surface area contributed by atoms with Gasteiger partial charge in [0, 0.05) is 12.1 Å². The Hall–Kier alpha value is -2.07. The smallest absolute Gasteiger partial charge is 0.131 e. The summed E-state index contributed by atoms with van der Waals surface area (Å²) in [5.74, 6) is 1.42. The van der Waals surface area contributed by atoms with Crippen molar-refractivity contribution in [3.05, 3.63) is 53.8 Å². The molecule has 0 aliphatic rings. The van der Waals surface area contributed by atoms with Gasteiger partial charge < -0.3 is 15.2 Å². The van der Waals surface area contributed by atoms with Crippen LogP contribution >= 0.6 is 0 Å². The molecule has 0 aromatic heterocycles. The number of hydrogen-bond acceptors (Lipinski definition) is 3. The number of halogens is 1. The van der Waals surface area contributed by atoms with Crippen molar-refractivity contribution in [1.29, 1.82) is 0 Å². The van der Waals surface area contributed by atoms with E-state index in [1.165, 1.54) is 12.1 Å². The Morgan fingerprint density at radius 3 is 2.58 bits per heavy atom. The Morgan fingerprint density at radius 1 is 1.05 bits per heavy atom. The summed E-state index contributed by atoms with van der Waals surface area (Å²) < 4.78 is 24.2. The van der Waals surface area contributed by atoms with E-state index in [-0.39, 0.29) is 5.82 Å². The van der Waals surface area contributed by atoms with E-state index < -0.39 is 0 Å². The zero-order valence-electron chi connectivity index (χ0n) is 10.7. The van der Waals surface area contributed by atoms with Crippen molar-refractivity contribution >= 4 is 0 Å². The van der Waals surface area contributed by atoms with E-state index in [2.05, 4.69) is 0 Å². The van der Waals surface area contributed by atoms with E-state index >= 15 is 0 Å². The minimum absolute atomic E-state index is 0.330. The predicted octanol–water partition coefficient (Wildman–Crippen LogP) is 3.13. The Kier molecular flexibility index (Phi) is 4.36. The highest BCUT2D eigenvalue weighted by molar-refractivity contribution is 5.38. The number of rotatable bonds is 5. The Bertz CT molecular complexity index is 558. The highest BCUT2D eigenvalue weighted by Crippen LogP contribution is 2.26. The first kappa shape index (κ1) is 13.4. The molecule has 0 saturated heterocycles. The van der Waals surface area contributed by atoms with Gasteiger partial charge in [0.1, 0.15) is 23.1 Å². The second kappa shape index (κ2) is 6.20. The minimum atomic E-state index is -0.330. The molecule has 2 aromatic rings. The molecule has 0 amide bonds. The van der Waals surface area contributed by atoms with Crippen molar-refractivity contribution in [3.8, 4) is 17.2 Å². The molecular weight excluding hydrogens is 245 g/mol. The quantitative estimate of drug-likeness (QED) is 0.899. The van der Waals surface area contributed by atoms with Crippen LogP contribution in [0.4, 0.5) is 4.39 Å². The van der Waals surface area contributed by atoms with Crippen LogP contribution in [0.3, 0.4) is 0 Å². The van der Waals surface area contributed by atoms with Crippen molar-refractivity contribution in [2.24, 2.45) is 5.73 Å². The lowest BCUT2D eigenvalue weighted by molar-refractivity contribution is 0.408. The summed E-state index contributed by atoms with van der Waals surface area (Å²) in [4.78, 5) is 0. The van der Waals surface area contributed by atoms with Gasteiger partial charge >= 0.3 is 0 Å². The van der Waals surface area contributed by atoms with Crippen LogP contribution in [0, 0.1) is 5.82 Å². The van der Waals surface area contributed by atoms with Crippen molar-refractivity contribution < 1.29 is 13.9 Å². The Morgan fingerprint density at radius 2 is 1.84 bits per heavy atom. The average molecular weight is 261 g/mol. The average Bonchev–Trinajstić information content (AvgIpc) is 2.38. The third kappa shape index (κ3) is 3.69. The zero-order valence-corrected chi connectivity index (χ0v) is 10.7. The van der Waals surface area contributed by atoms with Crippen LogP contribution in [0.15, 0.2) is 42.5 Å². The normalized spacial score (nSPS) is 10.3. The first-order valence-electron chi connectivity index (χ1n) is 6.02. The van der Waals surface area contributed by atoms with E-state index in [0.29, 0.717) is 30.2 Å². The molecule has 0 saturated carbocycles. The highest BCUT2D eigenvalue weighted by atomic mass is 19.1. The van der Waals surface area contributed by atoms with E-state index in [1.54, 1.807) is 25.3 Å². The van der Waals surface area contributed by atoms with Crippen LogP contribution in [0.25, 0.3) is 0 Å². The Balaban J connectivity index is 2.22. The monoisotopic (exact) mass is 261 g/mol. The summed E-state index contributed by atoms with van der Waals surface area (Å²) in [7, 11) is 1.58. The minimum Gasteiger partial charge on any atom is -0.497 e. The third-order valence-electron chi connectivity index (χ3n) is 2.64. The van der Waals surface area contributed by atoms with Gasteiger partial charge in [0.15, 0.2) is 0 Å². The first-order valence-corrected chi connectivity index (χ1v) is 6.02. The lowest BCUT2D eigenvalue weighted by Gasteiger charge is -2.09. The molecule has 0 spiro atoms. The number of hydrogen-bond donors (Lipinski definition) is 1. The molecule has 2 aromatic carbocycles. The molecule has 19 heavy (non-hydrogen) atoms. The topological polar surface area (TPSA) is 44.5 Å². The van der Waals surface area contributed by atoms with Gasteiger partial charge in [-0.1, -0.05) is 6.07 Å². The number of ether oxygens (including phenoxy) is 2. The summed E-state index contributed by atoms with van der Waals surface area (Å²) in [5, 5.41) is 0. The highest BCUT2D eigenvalue weighted by Gasteiger charge is 2.04. The fourth-order valence-corrected chi connectivity index (χ4v) is 1.79. The zero-order chi connectivity index (χ0) is 13.7. The van der Waals surface area contributed by atoms with Crippen LogP contribution in [0.2, 0.25) is 0 Å². The predicted molar refractivity (Wildman–Crippen MR) is 72.2 cm³/mol. The number of nitrogens with two attached hydrogens (primary N) is 1. The standard InChI is InChI=1S/C15H16FNO2/c1-18-13-3-2-4-14(10-13)19-15-8-11(5-6-17)7-12(16)9-15/h2-4,7-10H,5-6,17H2,1H3. The molecule has 0 unspecified atom stereocenters. The van der Waals surface area contributed by atoms with Crippen molar-refractivity contribution in [2.75, 3.05) is 13.7 Å². The maximum atomic E-state index is 13.5. The van der Waals surface area contributed by atoms with Crippen LogP contribution in [-0.4, -0.2) is 13.7 Å². The largest absolute Gasteiger partial charge is 0.497 e. The molecule has 3 nitrogen and oxygen atoms in total. The van der Waals surface area contributed by atoms with Crippen molar-refractivity contribution in [2.45, 2.75) is 6.42 Å². The summed E-state index contributed by atoms with van der Waals surface area (Å²) in [6.07, 6.45) is 0.617. The summed E-state index contributed by atoms with van der Waals surface area (Å²) >= 11 is 0. The molecule has 0 fully saturated rings. The fraction of sp³-hybridized carbons (Fsp3) is 0.200. The molecule has 0 aliphatic heterocycles. The van der Waals surface area contributed by atoms with Gasteiger partial charge in [0.25, 0.3) is 0 Å². The van der Waals surface area contributed by atoms with Gasteiger partial charge in [-0.05, 0) is 42.8 Å². The number of methoxy groups -OCH3 is 1. The van der Waals surface area contributed by atoms with E-state index in [9.17, 15) is 4.39 Å². The second-order valence-corrected chi connectivity index (χ2v) is 4.11. The van der Waals surface area contributed by atoms with Gasteiger partial charge in [-0.3, -0.25) is 0 Å². The molecule has 100 valence electrons. The lowest BCUT2D eigenvalue weighted by atomic mass is 10.1. The molecule has 0 bridgehead atoms. The van der Waals surface area contributed by atoms with E-state index in [1.807, 2.05) is 12.1 Å². The summed E-state index contributed by atoms with van der Waals surface area (Å²) in [5.41, 5.74) is 6.29. The summed E-state index contributed by atoms with van der Waals surface area (Å²) in [6.45, 7) is 0.474. The maximum Gasteiger partial charge on any atom is 0.131 e. The maximum absolute atomic E-state index is 13.5. The molecule has 4 heteroatoms. The first-order chi connectivity index (χ1) is 9.21. The van der Waals surface area contributed by atoms with Gasteiger partial charge in [0.2, 0.25) is 0 Å². The number of benzene rings is 2. The van der Waals surface area contributed by atoms with Crippen LogP contribution < -0.4 is 15.2 Å². The van der Waals surface area contributed by atoms with Crippen LogP contribution in [0.5, 0.6) is 17.2 Å². The molecule has 0 atom stereocenters.